The van der Waals surface area contributed by atoms with Gasteiger partial charge < -0.3 is 5.32 Å². The van der Waals surface area contributed by atoms with Gasteiger partial charge in [-0.15, -0.1) is 0 Å². The van der Waals surface area contributed by atoms with Gasteiger partial charge in [0.15, 0.2) is 0 Å². The molecule has 0 bridgehead atoms. The minimum Gasteiger partial charge on any atom is -0.352 e. The summed E-state index contributed by atoms with van der Waals surface area (Å²) in [6.45, 7) is 7.34. The lowest BCUT2D eigenvalue weighted by Crippen LogP contribution is -2.26. The molecule has 4 rings (SSSR count). The number of rotatable bonds is 6. The molecule has 1 aromatic carbocycles. The number of carbonyl (C=O) groups is 1. The van der Waals surface area contributed by atoms with Crippen molar-refractivity contribution in [2.24, 2.45) is 0 Å². The van der Waals surface area contributed by atoms with Gasteiger partial charge in [-0.25, -0.2) is 9.97 Å². The molecule has 1 aliphatic carbocycles. The lowest BCUT2D eigenvalue weighted by atomic mass is 10.1. The Morgan fingerprint density at radius 1 is 1.10 bits per heavy atom. The van der Waals surface area contributed by atoms with E-state index in [0.717, 1.165) is 41.3 Å². The number of hydrogen-bond acceptors (Lipinski definition) is 4. The Kier molecular flexibility index (Phi) is 5.43. The van der Waals surface area contributed by atoms with E-state index in [1.165, 1.54) is 17.7 Å². The second-order valence-corrected chi connectivity index (χ2v) is 7.79. The predicted molar refractivity (Wildman–Crippen MR) is 112 cm³/mol. The fourth-order valence-corrected chi connectivity index (χ4v) is 3.95. The van der Waals surface area contributed by atoms with Gasteiger partial charge in [0.05, 0.1) is 12.2 Å². The first kappa shape index (κ1) is 19.3. The summed E-state index contributed by atoms with van der Waals surface area (Å²) in [6.07, 6.45) is 3.95. The zero-order valence-corrected chi connectivity index (χ0v) is 17.3. The number of benzene rings is 1. The normalized spacial score (nSPS) is 12.8. The Labute approximate surface area is 171 Å². The third-order valence-corrected chi connectivity index (χ3v) is 5.47. The van der Waals surface area contributed by atoms with Crippen LogP contribution in [-0.4, -0.2) is 32.2 Å². The van der Waals surface area contributed by atoms with E-state index >= 15 is 0 Å². The quantitative estimate of drug-likeness (QED) is 0.703. The number of hydrogen-bond donors (Lipinski definition) is 1. The standard InChI is InChI=1S/C23H27N5O/c1-15-13-16(2)28(27-15)14-18-7-9-19(10-8-18)23(29)24-12-11-22-25-17(3)20-5-4-6-21(20)26-22/h7-10,13H,4-6,11-12,14H2,1-3H3,(H,24,29). The summed E-state index contributed by atoms with van der Waals surface area (Å²) in [5, 5.41) is 7.47. The monoisotopic (exact) mass is 389 g/mol. The summed E-state index contributed by atoms with van der Waals surface area (Å²) in [5.74, 6) is 0.754. The maximum atomic E-state index is 12.4. The van der Waals surface area contributed by atoms with Gasteiger partial charge in [0.1, 0.15) is 5.82 Å². The molecule has 29 heavy (non-hydrogen) atoms. The third kappa shape index (κ3) is 4.36. The second-order valence-electron chi connectivity index (χ2n) is 7.79. The molecule has 1 aliphatic rings. The van der Waals surface area contributed by atoms with Gasteiger partial charge in [-0.1, -0.05) is 12.1 Å². The fourth-order valence-electron chi connectivity index (χ4n) is 3.95. The van der Waals surface area contributed by atoms with Crippen LogP contribution in [0.1, 0.15) is 56.5 Å². The molecule has 6 nitrogen and oxygen atoms in total. The van der Waals surface area contributed by atoms with Crippen LogP contribution in [0.4, 0.5) is 0 Å². The number of aryl methyl sites for hydroxylation is 4. The highest BCUT2D eigenvalue weighted by atomic mass is 16.1. The first-order valence-corrected chi connectivity index (χ1v) is 10.2. The van der Waals surface area contributed by atoms with Crippen LogP contribution in [0.15, 0.2) is 30.3 Å². The Morgan fingerprint density at radius 3 is 2.62 bits per heavy atom. The number of amides is 1. The van der Waals surface area contributed by atoms with E-state index < -0.39 is 0 Å². The summed E-state index contributed by atoms with van der Waals surface area (Å²) in [5.41, 5.74) is 7.53. The molecule has 0 unspecified atom stereocenters. The highest BCUT2D eigenvalue weighted by molar-refractivity contribution is 5.94. The van der Waals surface area contributed by atoms with Crippen molar-refractivity contribution in [3.05, 3.63) is 75.6 Å². The summed E-state index contributed by atoms with van der Waals surface area (Å²) < 4.78 is 1.98. The van der Waals surface area contributed by atoms with Crippen LogP contribution in [0.3, 0.4) is 0 Å². The van der Waals surface area contributed by atoms with E-state index in [1.54, 1.807) is 0 Å². The molecule has 2 aromatic heterocycles. The van der Waals surface area contributed by atoms with Crippen molar-refractivity contribution in [3.63, 3.8) is 0 Å². The maximum Gasteiger partial charge on any atom is 0.251 e. The molecule has 0 saturated heterocycles. The van der Waals surface area contributed by atoms with Gasteiger partial charge in [0.2, 0.25) is 0 Å². The zero-order valence-electron chi connectivity index (χ0n) is 17.3. The number of nitrogens with one attached hydrogen (secondary N) is 1. The number of nitrogens with zero attached hydrogens (tertiary/aromatic N) is 4. The summed E-state index contributed by atoms with van der Waals surface area (Å²) in [6, 6.07) is 9.77. The molecule has 0 fully saturated rings. The molecular weight excluding hydrogens is 362 g/mol. The maximum absolute atomic E-state index is 12.4. The SMILES string of the molecule is Cc1cc(C)n(Cc2ccc(C(=O)NCCc3nc(C)c4c(n3)CCC4)cc2)n1. The van der Waals surface area contributed by atoms with E-state index in [2.05, 4.69) is 33.4 Å². The second kappa shape index (κ2) is 8.15. The van der Waals surface area contributed by atoms with E-state index in [-0.39, 0.29) is 5.91 Å². The first-order chi connectivity index (χ1) is 14.0. The first-order valence-electron chi connectivity index (χ1n) is 10.2. The van der Waals surface area contributed by atoms with Crippen molar-refractivity contribution in [1.29, 1.82) is 0 Å². The lowest BCUT2D eigenvalue weighted by molar-refractivity contribution is 0.0954. The molecular formula is C23H27N5O. The van der Waals surface area contributed by atoms with Crippen LogP contribution < -0.4 is 5.32 Å². The van der Waals surface area contributed by atoms with Crippen molar-refractivity contribution in [2.75, 3.05) is 6.54 Å². The van der Waals surface area contributed by atoms with Gasteiger partial charge in [-0.05, 0) is 69.4 Å². The number of aromatic nitrogens is 4. The Balaban J connectivity index is 1.32. The molecule has 0 aliphatic heterocycles. The smallest absolute Gasteiger partial charge is 0.251 e. The molecule has 1 amide bonds. The van der Waals surface area contributed by atoms with Crippen LogP contribution in [0.5, 0.6) is 0 Å². The molecule has 3 aromatic rings. The Morgan fingerprint density at radius 2 is 1.90 bits per heavy atom. The molecule has 2 heterocycles. The van der Waals surface area contributed by atoms with Gasteiger partial charge in [-0.2, -0.15) is 5.10 Å². The minimum atomic E-state index is -0.0689. The lowest BCUT2D eigenvalue weighted by Gasteiger charge is -2.09. The molecule has 0 atom stereocenters. The van der Waals surface area contributed by atoms with Gasteiger partial charge in [0.25, 0.3) is 5.91 Å². The van der Waals surface area contributed by atoms with E-state index in [9.17, 15) is 4.79 Å². The third-order valence-electron chi connectivity index (χ3n) is 5.47. The topological polar surface area (TPSA) is 72.7 Å². The molecule has 150 valence electrons. The van der Waals surface area contributed by atoms with Gasteiger partial charge in [0, 0.05) is 35.6 Å². The largest absolute Gasteiger partial charge is 0.352 e. The van der Waals surface area contributed by atoms with E-state index in [4.69, 9.17) is 0 Å². The van der Waals surface area contributed by atoms with Crippen molar-refractivity contribution < 1.29 is 4.79 Å². The van der Waals surface area contributed by atoms with E-state index in [0.29, 0.717) is 25.1 Å². The van der Waals surface area contributed by atoms with E-state index in [1.807, 2.05) is 42.8 Å². The van der Waals surface area contributed by atoms with Crippen molar-refractivity contribution in [1.82, 2.24) is 25.1 Å². The van der Waals surface area contributed by atoms with Crippen LogP contribution in [0.2, 0.25) is 0 Å². The molecule has 1 N–H and O–H groups in total. The summed E-state index contributed by atoms with van der Waals surface area (Å²) in [4.78, 5) is 21.7. The van der Waals surface area contributed by atoms with Crippen LogP contribution in [-0.2, 0) is 25.8 Å². The van der Waals surface area contributed by atoms with Gasteiger partial charge >= 0.3 is 0 Å². The number of carbonyl (C=O) groups excluding carboxylic acids is 1. The van der Waals surface area contributed by atoms with Crippen LogP contribution in [0.25, 0.3) is 0 Å². The molecule has 0 saturated carbocycles. The highest BCUT2D eigenvalue weighted by Crippen LogP contribution is 2.22. The van der Waals surface area contributed by atoms with Gasteiger partial charge in [-0.3, -0.25) is 9.48 Å². The van der Waals surface area contributed by atoms with Crippen molar-refractivity contribution in [2.45, 2.75) is 53.0 Å². The zero-order chi connectivity index (χ0) is 20.4. The number of fused-ring (bicyclic) bond motifs is 1. The average Bonchev–Trinajstić information content (AvgIpc) is 3.28. The Bertz CT molecular complexity index is 1040. The minimum absolute atomic E-state index is 0.0689. The molecule has 0 spiro atoms. The van der Waals surface area contributed by atoms with Crippen LogP contribution in [0, 0.1) is 20.8 Å². The Hall–Kier alpha value is -3.02. The predicted octanol–water partition coefficient (Wildman–Crippen LogP) is 3.11. The fraction of sp³-hybridized carbons (Fsp3) is 0.391. The average molecular weight is 390 g/mol. The summed E-state index contributed by atoms with van der Waals surface area (Å²) >= 11 is 0. The summed E-state index contributed by atoms with van der Waals surface area (Å²) in [7, 11) is 0. The highest BCUT2D eigenvalue weighted by Gasteiger charge is 2.17. The molecule has 6 heteroatoms. The van der Waals surface area contributed by atoms with Crippen molar-refractivity contribution >= 4 is 5.91 Å². The van der Waals surface area contributed by atoms with Crippen molar-refractivity contribution in [3.8, 4) is 0 Å². The van der Waals surface area contributed by atoms with Crippen LogP contribution >= 0.6 is 0 Å². The molecule has 0 radical (unpaired) electrons.